The maximum atomic E-state index is 14.7. The molecule has 28 heavy (non-hydrogen) atoms. The Morgan fingerprint density at radius 2 is 1.79 bits per heavy atom. The molecule has 1 aliphatic heterocycles. The predicted molar refractivity (Wildman–Crippen MR) is 87.3 cm³/mol. The molecular weight excluding hydrogens is 388 g/mol. The second-order valence-electron chi connectivity index (χ2n) is 6.61. The van der Waals surface area contributed by atoms with Crippen LogP contribution in [0, 0.1) is 11.7 Å². The lowest BCUT2D eigenvalue weighted by Gasteiger charge is -2.31. The molecule has 0 aromatic heterocycles. The highest BCUT2D eigenvalue weighted by Gasteiger charge is 2.65. The largest absolute Gasteiger partial charge is 0.493 e. The van der Waals surface area contributed by atoms with Crippen LogP contribution in [0.1, 0.15) is 39.2 Å². The van der Waals surface area contributed by atoms with Crippen LogP contribution in [0.25, 0.3) is 0 Å². The number of hydrogen-bond donors (Lipinski definition) is 0. The molecule has 0 spiro atoms. The van der Waals surface area contributed by atoms with Gasteiger partial charge in [0, 0.05) is 25.3 Å². The van der Waals surface area contributed by atoms with Gasteiger partial charge in [-0.1, -0.05) is 13.0 Å². The van der Waals surface area contributed by atoms with Gasteiger partial charge in [0.15, 0.2) is 17.1 Å². The fourth-order valence-corrected chi connectivity index (χ4v) is 3.26. The van der Waals surface area contributed by atoms with Crippen LogP contribution in [0.4, 0.5) is 17.6 Å². The van der Waals surface area contributed by atoms with E-state index in [0.29, 0.717) is 0 Å². The van der Waals surface area contributed by atoms with E-state index in [0.717, 1.165) is 33.9 Å². The Balaban J connectivity index is 2.60. The molecule has 0 N–H and O–H groups in total. The SMILES string of the molecule is COc1c([C@H]2C(OC(C)=O)O[C@@](C)(C(F)(F)F)[C@H]2C)ccc(OC(C)=O)c1F. The Hall–Kier alpha value is -2.36. The monoisotopic (exact) mass is 408 g/mol. The topological polar surface area (TPSA) is 71.1 Å². The van der Waals surface area contributed by atoms with Gasteiger partial charge >= 0.3 is 18.1 Å². The molecule has 0 amide bonds. The van der Waals surface area contributed by atoms with Crippen molar-refractivity contribution in [2.75, 3.05) is 7.11 Å². The Morgan fingerprint density at radius 3 is 2.25 bits per heavy atom. The molecule has 0 aliphatic carbocycles. The highest BCUT2D eigenvalue weighted by Crippen LogP contribution is 2.55. The fraction of sp³-hybridized carbons (Fsp3) is 0.556. The van der Waals surface area contributed by atoms with Crippen molar-refractivity contribution < 1.29 is 46.1 Å². The fourth-order valence-electron chi connectivity index (χ4n) is 3.26. The zero-order valence-electron chi connectivity index (χ0n) is 15.8. The van der Waals surface area contributed by atoms with Crippen LogP contribution < -0.4 is 9.47 Å². The number of esters is 2. The summed E-state index contributed by atoms with van der Waals surface area (Å²) in [7, 11) is 1.11. The van der Waals surface area contributed by atoms with Crippen LogP contribution in [0.3, 0.4) is 0 Å². The van der Waals surface area contributed by atoms with Crippen molar-refractivity contribution in [1.29, 1.82) is 0 Å². The maximum Gasteiger partial charge on any atom is 0.417 e. The molecular formula is C18H20F4O6. The average molecular weight is 408 g/mol. The van der Waals surface area contributed by atoms with Gasteiger partial charge in [-0.25, -0.2) is 0 Å². The molecule has 0 radical (unpaired) electrons. The van der Waals surface area contributed by atoms with Gasteiger partial charge in [0.05, 0.1) is 13.0 Å². The van der Waals surface area contributed by atoms with E-state index in [1.165, 1.54) is 13.0 Å². The van der Waals surface area contributed by atoms with Gasteiger partial charge in [-0.15, -0.1) is 0 Å². The summed E-state index contributed by atoms with van der Waals surface area (Å²) in [5.74, 6) is -6.02. The van der Waals surface area contributed by atoms with Gasteiger partial charge in [-0.05, 0) is 13.0 Å². The normalized spacial score (nSPS) is 27.4. The number of alkyl halides is 3. The van der Waals surface area contributed by atoms with Gasteiger partial charge < -0.3 is 18.9 Å². The van der Waals surface area contributed by atoms with Crippen LogP contribution >= 0.6 is 0 Å². The molecule has 1 heterocycles. The summed E-state index contributed by atoms with van der Waals surface area (Å²) in [5.41, 5.74) is -2.66. The number of methoxy groups -OCH3 is 1. The summed E-state index contributed by atoms with van der Waals surface area (Å²) < 4.78 is 75.4. The van der Waals surface area contributed by atoms with E-state index >= 15 is 0 Å². The molecule has 2 rings (SSSR count). The van der Waals surface area contributed by atoms with Crippen molar-refractivity contribution in [2.24, 2.45) is 5.92 Å². The molecule has 1 aliphatic rings. The van der Waals surface area contributed by atoms with Crippen molar-refractivity contribution in [1.82, 2.24) is 0 Å². The lowest BCUT2D eigenvalue weighted by molar-refractivity contribution is -0.293. The van der Waals surface area contributed by atoms with E-state index in [1.807, 2.05) is 0 Å². The summed E-state index contributed by atoms with van der Waals surface area (Å²) in [4.78, 5) is 22.5. The Bertz CT molecular complexity index is 778. The minimum atomic E-state index is -4.77. The second-order valence-corrected chi connectivity index (χ2v) is 6.61. The number of halogens is 4. The first-order chi connectivity index (χ1) is 12.8. The first kappa shape index (κ1) is 21.9. The van der Waals surface area contributed by atoms with E-state index in [4.69, 9.17) is 18.9 Å². The molecule has 1 aromatic carbocycles. The van der Waals surface area contributed by atoms with Gasteiger partial charge in [0.1, 0.15) is 0 Å². The number of ether oxygens (including phenoxy) is 4. The molecule has 0 saturated carbocycles. The van der Waals surface area contributed by atoms with E-state index < -0.39 is 59.2 Å². The molecule has 6 nitrogen and oxygen atoms in total. The smallest absolute Gasteiger partial charge is 0.417 e. The van der Waals surface area contributed by atoms with E-state index in [-0.39, 0.29) is 5.56 Å². The molecule has 1 fully saturated rings. The number of benzene rings is 1. The molecule has 4 atom stereocenters. The summed E-state index contributed by atoms with van der Waals surface area (Å²) >= 11 is 0. The maximum absolute atomic E-state index is 14.7. The van der Waals surface area contributed by atoms with Crippen LogP contribution in [-0.4, -0.2) is 37.1 Å². The van der Waals surface area contributed by atoms with Crippen molar-refractivity contribution in [2.45, 2.75) is 51.7 Å². The van der Waals surface area contributed by atoms with Crippen LogP contribution in [-0.2, 0) is 19.1 Å². The van der Waals surface area contributed by atoms with Crippen molar-refractivity contribution >= 4 is 11.9 Å². The third kappa shape index (κ3) is 3.78. The zero-order valence-corrected chi connectivity index (χ0v) is 15.8. The summed E-state index contributed by atoms with van der Waals surface area (Å²) in [5, 5.41) is 0. The summed E-state index contributed by atoms with van der Waals surface area (Å²) in [6, 6.07) is 2.35. The molecule has 1 unspecified atom stereocenters. The van der Waals surface area contributed by atoms with Gasteiger partial charge in [0.2, 0.25) is 12.1 Å². The lowest BCUT2D eigenvalue weighted by atomic mass is 9.79. The first-order valence-electron chi connectivity index (χ1n) is 8.30. The Kier molecular flexibility index (Phi) is 5.93. The quantitative estimate of drug-likeness (QED) is 0.430. The van der Waals surface area contributed by atoms with E-state index in [1.54, 1.807) is 0 Å². The third-order valence-electron chi connectivity index (χ3n) is 4.82. The van der Waals surface area contributed by atoms with Gasteiger partial charge in [0.25, 0.3) is 0 Å². The highest BCUT2D eigenvalue weighted by atomic mass is 19.4. The molecule has 1 saturated heterocycles. The van der Waals surface area contributed by atoms with Crippen LogP contribution in [0.15, 0.2) is 12.1 Å². The average Bonchev–Trinajstić information content (AvgIpc) is 2.80. The molecule has 0 bridgehead atoms. The van der Waals surface area contributed by atoms with Gasteiger partial charge in [-0.3, -0.25) is 9.59 Å². The first-order valence-corrected chi connectivity index (χ1v) is 8.30. The third-order valence-corrected chi connectivity index (χ3v) is 4.82. The lowest BCUT2D eigenvalue weighted by Crippen LogP contribution is -2.47. The van der Waals surface area contributed by atoms with Crippen molar-refractivity contribution in [3.63, 3.8) is 0 Å². The minimum absolute atomic E-state index is 0.0115. The number of carbonyl (C=O) groups is 2. The van der Waals surface area contributed by atoms with Crippen molar-refractivity contribution in [3.05, 3.63) is 23.5 Å². The second kappa shape index (κ2) is 7.57. The standard InChI is InChI=1S/C18H20F4O6/c1-8-13(16(27-10(3)24)28-17(8,4)18(20,21)22)11-6-7-12(26-9(2)23)14(19)15(11)25-5/h6-8,13,16H,1-5H3/t8-,13-,16?,17+/m0/s1. The molecule has 10 heteroatoms. The number of carbonyl (C=O) groups excluding carboxylic acids is 2. The summed E-state index contributed by atoms with van der Waals surface area (Å²) in [6.45, 7) is 4.19. The van der Waals surface area contributed by atoms with Crippen molar-refractivity contribution in [3.8, 4) is 11.5 Å². The number of rotatable bonds is 4. The summed E-state index contributed by atoms with van der Waals surface area (Å²) in [6.07, 6.45) is -6.39. The number of hydrogen-bond acceptors (Lipinski definition) is 6. The Morgan fingerprint density at radius 1 is 1.18 bits per heavy atom. The highest BCUT2D eigenvalue weighted by molar-refractivity contribution is 5.70. The van der Waals surface area contributed by atoms with E-state index in [2.05, 4.69) is 0 Å². The van der Waals surface area contributed by atoms with Crippen LogP contribution in [0.5, 0.6) is 11.5 Å². The zero-order chi connectivity index (χ0) is 21.4. The molecule has 1 aromatic rings. The van der Waals surface area contributed by atoms with E-state index in [9.17, 15) is 27.2 Å². The molecule has 156 valence electrons. The Labute approximate surface area is 158 Å². The van der Waals surface area contributed by atoms with Crippen LogP contribution in [0.2, 0.25) is 0 Å². The minimum Gasteiger partial charge on any atom is -0.493 e. The predicted octanol–water partition coefficient (Wildman–Crippen LogP) is 3.72. The van der Waals surface area contributed by atoms with Gasteiger partial charge in [-0.2, -0.15) is 17.6 Å².